The Hall–Kier alpha value is -2.93. The summed E-state index contributed by atoms with van der Waals surface area (Å²) in [7, 11) is 0. The molecule has 0 radical (unpaired) electrons. The molecule has 3 rings (SSSR count). The van der Waals surface area contributed by atoms with E-state index in [1.807, 2.05) is 31.2 Å². The fraction of sp³-hybridized carbons (Fsp3) is 0.158. The van der Waals surface area contributed by atoms with Crippen LogP contribution in [-0.2, 0) is 4.79 Å². The number of hydrogen-bond donors (Lipinski definition) is 2. The second-order valence-electron chi connectivity index (χ2n) is 5.75. The number of amides is 1. The predicted octanol–water partition coefficient (Wildman–Crippen LogP) is 3.71. The summed E-state index contributed by atoms with van der Waals surface area (Å²) in [5, 5.41) is 10.4. The molecule has 2 aromatic carbocycles. The summed E-state index contributed by atoms with van der Waals surface area (Å²) in [6, 6.07) is 14.7. The Kier molecular flexibility index (Phi) is 5.48. The van der Waals surface area contributed by atoms with E-state index < -0.39 is 0 Å². The van der Waals surface area contributed by atoms with Gasteiger partial charge in [0.1, 0.15) is 0 Å². The molecule has 1 aromatic heterocycles. The molecular formula is C19H18N4O2S. The number of Topliss-reactive ketones (excluding diaryl/α,β-unsaturated/α-hetero) is 1. The number of H-pyrrole nitrogens is 1. The number of aromatic nitrogens is 3. The summed E-state index contributed by atoms with van der Waals surface area (Å²) in [4.78, 5) is 27.8. The zero-order valence-electron chi connectivity index (χ0n) is 14.4. The molecule has 0 unspecified atom stereocenters. The number of nitrogens with zero attached hydrogens (tertiary/aromatic N) is 2. The number of benzene rings is 2. The van der Waals surface area contributed by atoms with Crippen molar-refractivity contribution in [3.05, 3.63) is 59.7 Å². The molecule has 3 aromatic rings. The second kappa shape index (κ2) is 7.97. The van der Waals surface area contributed by atoms with E-state index in [4.69, 9.17) is 0 Å². The number of thioether (sulfide) groups is 1. The van der Waals surface area contributed by atoms with Gasteiger partial charge in [-0.2, -0.15) is 0 Å². The minimum absolute atomic E-state index is 0.00695. The van der Waals surface area contributed by atoms with E-state index in [-0.39, 0.29) is 17.4 Å². The first kappa shape index (κ1) is 17.9. The van der Waals surface area contributed by atoms with Crippen molar-refractivity contribution in [2.24, 2.45) is 0 Å². The minimum Gasteiger partial charge on any atom is -0.325 e. The van der Waals surface area contributed by atoms with Gasteiger partial charge in [-0.05, 0) is 43.7 Å². The van der Waals surface area contributed by atoms with E-state index in [1.54, 1.807) is 24.3 Å². The summed E-state index contributed by atoms with van der Waals surface area (Å²) in [5.74, 6) is 0.714. The van der Waals surface area contributed by atoms with Crippen molar-refractivity contribution in [1.29, 1.82) is 0 Å². The molecule has 1 heterocycles. The van der Waals surface area contributed by atoms with Crippen molar-refractivity contribution < 1.29 is 9.59 Å². The maximum absolute atomic E-state index is 12.1. The number of aromatic amines is 1. The largest absolute Gasteiger partial charge is 0.325 e. The normalized spacial score (nSPS) is 10.5. The van der Waals surface area contributed by atoms with Crippen molar-refractivity contribution in [3.63, 3.8) is 0 Å². The van der Waals surface area contributed by atoms with Gasteiger partial charge in [-0.25, -0.2) is 4.98 Å². The van der Waals surface area contributed by atoms with Gasteiger partial charge in [0.25, 0.3) is 0 Å². The maximum atomic E-state index is 12.1. The van der Waals surface area contributed by atoms with E-state index in [0.717, 1.165) is 11.1 Å². The quantitative estimate of drug-likeness (QED) is 0.513. The van der Waals surface area contributed by atoms with Crippen molar-refractivity contribution in [2.75, 3.05) is 11.1 Å². The van der Waals surface area contributed by atoms with Gasteiger partial charge >= 0.3 is 0 Å². The third kappa shape index (κ3) is 4.37. The average Bonchev–Trinajstić information content (AvgIpc) is 3.09. The van der Waals surface area contributed by atoms with Crippen LogP contribution in [0.5, 0.6) is 0 Å². The fourth-order valence-corrected chi connectivity index (χ4v) is 2.98. The number of nitrogens with one attached hydrogen (secondary N) is 2. The topological polar surface area (TPSA) is 87.7 Å². The van der Waals surface area contributed by atoms with Crippen molar-refractivity contribution >= 4 is 29.1 Å². The molecule has 0 atom stereocenters. The van der Waals surface area contributed by atoms with Crippen molar-refractivity contribution in [1.82, 2.24) is 15.2 Å². The molecule has 0 saturated heterocycles. The molecule has 0 spiro atoms. The van der Waals surface area contributed by atoms with Crippen LogP contribution in [0.25, 0.3) is 11.4 Å². The summed E-state index contributed by atoms with van der Waals surface area (Å²) in [6.07, 6.45) is 0. The van der Waals surface area contributed by atoms with Crippen LogP contribution >= 0.6 is 11.8 Å². The molecule has 132 valence electrons. The van der Waals surface area contributed by atoms with Crippen LogP contribution in [0.4, 0.5) is 5.69 Å². The molecule has 6 nitrogen and oxygen atoms in total. The van der Waals surface area contributed by atoms with Gasteiger partial charge in [0, 0.05) is 16.8 Å². The molecule has 7 heteroatoms. The molecule has 0 bridgehead atoms. The molecule has 2 N–H and O–H groups in total. The van der Waals surface area contributed by atoms with Crippen LogP contribution < -0.4 is 5.32 Å². The third-order valence-electron chi connectivity index (χ3n) is 3.77. The zero-order chi connectivity index (χ0) is 18.5. The number of aryl methyl sites for hydroxylation is 1. The highest BCUT2D eigenvalue weighted by atomic mass is 32.2. The number of carbonyl (C=O) groups is 2. The molecule has 0 aliphatic carbocycles. The van der Waals surface area contributed by atoms with Crippen LogP contribution in [-0.4, -0.2) is 32.6 Å². The molecule has 0 saturated carbocycles. The van der Waals surface area contributed by atoms with Crippen molar-refractivity contribution in [3.8, 4) is 11.4 Å². The standard InChI is InChI=1S/C19H18N4O2S/c1-12-5-3-4-6-16(12)18-21-19(23-22-18)26-11-17(25)20-15-9-7-14(8-10-15)13(2)24/h3-10H,11H2,1-2H3,(H,20,25)(H,21,22,23). The first-order valence-corrected chi connectivity index (χ1v) is 9.03. The Morgan fingerprint density at radius 1 is 1.12 bits per heavy atom. The lowest BCUT2D eigenvalue weighted by atomic mass is 10.1. The van der Waals surface area contributed by atoms with Gasteiger partial charge in [-0.3, -0.25) is 14.7 Å². The monoisotopic (exact) mass is 366 g/mol. The average molecular weight is 366 g/mol. The van der Waals surface area contributed by atoms with Gasteiger partial charge in [-0.15, -0.1) is 5.10 Å². The Bertz CT molecular complexity index is 935. The lowest BCUT2D eigenvalue weighted by molar-refractivity contribution is -0.113. The summed E-state index contributed by atoms with van der Waals surface area (Å²) in [5.41, 5.74) is 3.35. The Balaban J connectivity index is 1.56. The lowest BCUT2D eigenvalue weighted by Gasteiger charge is -2.04. The van der Waals surface area contributed by atoms with E-state index >= 15 is 0 Å². The first-order chi connectivity index (χ1) is 12.5. The van der Waals surface area contributed by atoms with Gasteiger partial charge in [0.2, 0.25) is 11.1 Å². The van der Waals surface area contributed by atoms with Crippen LogP contribution in [0, 0.1) is 6.92 Å². The summed E-state index contributed by atoms with van der Waals surface area (Å²) in [6.45, 7) is 3.52. The zero-order valence-corrected chi connectivity index (χ0v) is 15.3. The maximum Gasteiger partial charge on any atom is 0.234 e. The van der Waals surface area contributed by atoms with Crippen molar-refractivity contribution in [2.45, 2.75) is 19.0 Å². The highest BCUT2D eigenvalue weighted by Gasteiger charge is 2.10. The van der Waals surface area contributed by atoms with E-state index in [0.29, 0.717) is 22.2 Å². The molecule has 0 aliphatic heterocycles. The summed E-state index contributed by atoms with van der Waals surface area (Å²) >= 11 is 1.26. The molecule has 0 fully saturated rings. The molecular weight excluding hydrogens is 348 g/mol. The second-order valence-corrected chi connectivity index (χ2v) is 6.69. The lowest BCUT2D eigenvalue weighted by Crippen LogP contribution is -2.14. The first-order valence-electron chi connectivity index (χ1n) is 8.05. The number of rotatable bonds is 6. The minimum atomic E-state index is -0.159. The van der Waals surface area contributed by atoms with E-state index in [9.17, 15) is 9.59 Å². The van der Waals surface area contributed by atoms with E-state index in [1.165, 1.54) is 18.7 Å². The van der Waals surface area contributed by atoms with Gasteiger partial charge < -0.3 is 5.32 Å². The molecule has 1 amide bonds. The molecule has 0 aliphatic rings. The van der Waals surface area contributed by atoms with Crippen LogP contribution in [0.3, 0.4) is 0 Å². The van der Waals surface area contributed by atoms with Gasteiger partial charge in [0.05, 0.1) is 5.75 Å². The number of hydrogen-bond acceptors (Lipinski definition) is 5. The Morgan fingerprint density at radius 2 is 1.85 bits per heavy atom. The summed E-state index contributed by atoms with van der Waals surface area (Å²) < 4.78 is 0. The SMILES string of the molecule is CC(=O)c1ccc(NC(=O)CSc2n[nH]c(-c3ccccc3C)n2)cc1. The third-order valence-corrected chi connectivity index (χ3v) is 4.62. The van der Waals surface area contributed by atoms with Crippen LogP contribution in [0.2, 0.25) is 0 Å². The number of anilines is 1. The highest BCUT2D eigenvalue weighted by Crippen LogP contribution is 2.22. The van der Waals surface area contributed by atoms with Crippen LogP contribution in [0.1, 0.15) is 22.8 Å². The Morgan fingerprint density at radius 3 is 2.54 bits per heavy atom. The van der Waals surface area contributed by atoms with E-state index in [2.05, 4.69) is 20.5 Å². The van der Waals surface area contributed by atoms with Crippen LogP contribution in [0.15, 0.2) is 53.7 Å². The number of ketones is 1. The molecule has 26 heavy (non-hydrogen) atoms. The highest BCUT2D eigenvalue weighted by molar-refractivity contribution is 7.99. The predicted molar refractivity (Wildman–Crippen MR) is 102 cm³/mol. The fourth-order valence-electron chi connectivity index (χ4n) is 2.39. The van der Waals surface area contributed by atoms with Gasteiger partial charge in [-0.1, -0.05) is 36.0 Å². The smallest absolute Gasteiger partial charge is 0.234 e. The van der Waals surface area contributed by atoms with Gasteiger partial charge in [0.15, 0.2) is 11.6 Å². The number of carbonyl (C=O) groups excluding carboxylic acids is 2. The Labute approximate surface area is 155 Å².